The number of carbonyl (C=O) groups is 1. The molecule has 1 aromatic heterocycles. The lowest BCUT2D eigenvalue weighted by Gasteiger charge is -2.06. The number of benzene rings is 1. The minimum atomic E-state index is -1.22. The zero-order chi connectivity index (χ0) is 15.4. The maximum Gasteiger partial charge on any atom is 0.356 e. The van der Waals surface area contributed by atoms with Crippen LogP contribution in [0, 0.1) is 10.1 Å². The molecule has 108 valence electrons. The normalized spacial score (nSPS) is 10.1. The van der Waals surface area contributed by atoms with E-state index in [0.717, 1.165) is 18.0 Å². The molecule has 0 aliphatic carbocycles. The largest absolute Gasteiger partial charge is 0.476 e. The van der Waals surface area contributed by atoms with Crippen molar-refractivity contribution in [3.05, 3.63) is 52.0 Å². The Labute approximate surface area is 119 Å². The molecule has 0 amide bonds. The van der Waals surface area contributed by atoms with Crippen LogP contribution in [0.2, 0.25) is 0 Å². The number of aromatic nitrogens is 2. The van der Waals surface area contributed by atoms with Crippen LogP contribution in [0.15, 0.2) is 30.6 Å². The lowest BCUT2D eigenvalue weighted by atomic mass is 10.1. The zero-order valence-corrected chi connectivity index (χ0v) is 11.0. The molecule has 0 unspecified atom stereocenters. The number of rotatable bonds is 5. The third-order valence-corrected chi connectivity index (χ3v) is 2.69. The lowest BCUT2D eigenvalue weighted by molar-refractivity contribution is -0.385. The van der Waals surface area contributed by atoms with E-state index in [0.29, 0.717) is 6.42 Å². The Morgan fingerprint density at radius 2 is 2.14 bits per heavy atom. The minimum Gasteiger partial charge on any atom is -0.476 e. The number of nitrogens with zero attached hydrogens (tertiary/aromatic N) is 3. The first-order valence-electron chi connectivity index (χ1n) is 6.01. The first-order chi connectivity index (χ1) is 10.0. The topological polar surface area (TPSA) is 115 Å². The Balaban J connectivity index is 2.30. The van der Waals surface area contributed by atoms with E-state index in [-0.39, 0.29) is 23.0 Å². The number of hydrogen-bond acceptors (Lipinski definition) is 6. The molecular formula is C13H11N3O5. The lowest BCUT2D eigenvalue weighted by Crippen LogP contribution is -2.02. The number of carboxylic acids is 1. The molecule has 1 N–H and O–H groups in total. The standard InChI is InChI=1S/C13H11N3O5/c1-2-8-3-4-11(10(5-8)16(19)20)21-12-7-14-9(6-15-12)13(17)18/h3-7H,2H2,1H3,(H,17,18). The molecule has 0 saturated carbocycles. The van der Waals surface area contributed by atoms with Gasteiger partial charge >= 0.3 is 11.7 Å². The number of carboxylic acid groups (broad SMARTS) is 1. The van der Waals surface area contributed by atoms with E-state index in [4.69, 9.17) is 9.84 Å². The maximum absolute atomic E-state index is 11.0. The molecule has 0 spiro atoms. The summed E-state index contributed by atoms with van der Waals surface area (Å²) in [4.78, 5) is 28.5. The predicted molar refractivity (Wildman–Crippen MR) is 71.5 cm³/mol. The number of nitro benzene ring substituents is 1. The van der Waals surface area contributed by atoms with Gasteiger partial charge in [-0.05, 0) is 18.1 Å². The Morgan fingerprint density at radius 1 is 1.38 bits per heavy atom. The van der Waals surface area contributed by atoms with Crippen molar-refractivity contribution in [2.45, 2.75) is 13.3 Å². The van der Waals surface area contributed by atoms with Crippen molar-refractivity contribution in [3.8, 4) is 11.6 Å². The van der Waals surface area contributed by atoms with Crippen molar-refractivity contribution in [2.75, 3.05) is 0 Å². The zero-order valence-electron chi connectivity index (χ0n) is 11.0. The van der Waals surface area contributed by atoms with Gasteiger partial charge < -0.3 is 9.84 Å². The summed E-state index contributed by atoms with van der Waals surface area (Å²) >= 11 is 0. The van der Waals surface area contributed by atoms with Crippen LogP contribution in [-0.4, -0.2) is 26.0 Å². The first kappa shape index (κ1) is 14.4. The number of nitro groups is 1. The van der Waals surface area contributed by atoms with Gasteiger partial charge in [-0.3, -0.25) is 10.1 Å². The van der Waals surface area contributed by atoms with Gasteiger partial charge in [0, 0.05) is 6.07 Å². The van der Waals surface area contributed by atoms with Gasteiger partial charge in [0.1, 0.15) is 0 Å². The summed E-state index contributed by atoms with van der Waals surface area (Å²) < 4.78 is 5.30. The number of aromatic carboxylic acids is 1. The second kappa shape index (κ2) is 5.95. The molecule has 2 rings (SSSR count). The van der Waals surface area contributed by atoms with Gasteiger partial charge in [0.15, 0.2) is 5.69 Å². The highest BCUT2D eigenvalue weighted by Gasteiger charge is 2.17. The van der Waals surface area contributed by atoms with Crippen LogP contribution < -0.4 is 4.74 Å². The van der Waals surface area contributed by atoms with E-state index in [9.17, 15) is 14.9 Å². The molecule has 0 aliphatic heterocycles. The molecule has 0 radical (unpaired) electrons. The van der Waals surface area contributed by atoms with E-state index >= 15 is 0 Å². The van der Waals surface area contributed by atoms with Gasteiger partial charge in [-0.2, -0.15) is 0 Å². The fraction of sp³-hybridized carbons (Fsp3) is 0.154. The highest BCUT2D eigenvalue weighted by atomic mass is 16.6. The van der Waals surface area contributed by atoms with Gasteiger partial charge in [-0.25, -0.2) is 14.8 Å². The molecule has 0 saturated heterocycles. The Kier molecular flexibility index (Phi) is 4.07. The number of hydrogen-bond donors (Lipinski definition) is 1. The quantitative estimate of drug-likeness (QED) is 0.663. The monoisotopic (exact) mass is 289 g/mol. The highest BCUT2D eigenvalue weighted by molar-refractivity contribution is 5.84. The average Bonchev–Trinajstić information content (AvgIpc) is 2.48. The van der Waals surface area contributed by atoms with Crippen molar-refractivity contribution in [3.63, 3.8) is 0 Å². The maximum atomic E-state index is 11.0. The second-order valence-corrected chi connectivity index (χ2v) is 4.06. The van der Waals surface area contributed by atoms with E-state index in [1.165, 1.54) is 12.1 Å². The SMILES string of the molecule is CCc1ccc(Oc2cnc(C(=O)O)cn2)c([N+](=O)[O-])c1. The average molecular weight is 289 g/mol. The summed E-state index contributed by atoms with van der Waals surface area (Å²) in [6.45, 7) is 1.88. The van der Waals surface area contributed by atoms with E-state index in [2.05, 4.69) is 9.97 Å². The third kappa shape index (κ3) is 3.30. The van der Waals surface area contributed by atoms with E-state index < -0.39 is 10.9 Å². The smallest absolute Gasteiger partial charge is 0.356 e. The van der Waals surface area contributed by atoms with Crippen molar-refractivity contribution in [2.24, 2.45) is 0 Å². The fourth-order valence-electron chi connectivity index (χ4n) is 1.60. The molecule has 8 nitrogen and oxygen atoms in total. The number of ether oxygens (including phenoxy) is 1. The van der Waals surface area contributed by atoms with Crippen LogP contribution in [0.4, 0.5) is 5.69 Å². The van der Waals surface area contributed by atoms with Gasteiger partial charge in [-0.15, -0.1) is 0 Å². The molecule has 1 heterocycles. The van der Waals surface area contributed by atoms with Crippen molar-refractivity contribution >= 4 is 11.7 Å². The molecule has 0 bridgehead atoms. The summed E-state index contributed by atoms with van der Waals surface area (Å²) in [5, 5.41) is 19.7. The van der Waals surface area contributed by atoms with Crippen LogP contribution in [0.5, 0.6) is 11.6 Å². The Bertz CT molecular complexity index is 685. The van der Waals surface area contributed by atoms with E-state index in [1.807, 2.05) is 6.92 Å². The van der Waals surface area contributed by atoms with Crippen molar-refractivity contribution < 1.29 is 19.6 Å². The molecular weight excluding hydrogens is 278 g/mol. The molecule has 0 atom stereocenters. The minimum absolute atomic E-state index is 0.0210. The Morgan fingerprint density at radius 3 is 2.67 bits per heavy atom. The summed E-state index contributed by atoms with van der Waals surface area (Å²) in [7, 11) is 0. The number of aryl methyl sites for hydroxylation is 1. The fourth-order valence-corrected chi connectivity index (χ4v) is 1.60. The third-order valence-electron chi connectivity index (χ3n) is 2.69. The highest BCUT2D eigenvalue weighted by Crippen LogP contribution is 2.31. The van der Waals surface area contributed by atoms with Gasteiger partial charge in [0.25, 0.3) is 0 Å². The summed E-state index contributed by atoms with van der Waals surface area (Å²) in [6.07, 6.45) is 2.78. The Hall–Kier alpha value is -3.03. The molecule has 8 heteroatoms. The molecule has 21 heavy (non-hydrogen) atoms. The van der Waals surface area contributed by atoms with Crippen LogP contribution >= 0.6 is 0 Å². The van der Waals surface area contributed by atoms with Gasteiger partial charge in [-0.1, -0.05) is 13.0 Å². The van der Waals surface area contributed by atoms with Gasteiger partial charge in [0.2, 0.25) is 11.6 Å². The van der Waals surface area contributed by atoms with Crippen molar-refractivity contribution in [1.29, 1.82) is 0 Å². The van der Waals surface area contributed by atoms with Crippen LogP contribution in [-0.2, 0) is 6.42 Å². The molecule has 2 aromatic rings. The van der Waals surface area contributed by atoms with Crippen LogP contribution in [0.1, 0.15) is 23.0 Å². The summed E-state index contributed by atoms with van der Waals surface area (Å²) in [5.41, 5.74) is 0.387. The predicted octanol–water partition coefficient (Wildman–Crippen LogP) is 2.44. The first-order valence-corrected chi connectivity index (χ1v) is 6.01. The molecule has 0 aliphatic rings. The second-order valence-electron chi connectivity index (χ2n) is 4.06. The summed E-state index contributed by atoms with van der Waals surface area (Å²) in [6, 6.07) is 4.61. The van der Waals surface area contributed by atoms with Gasteiger partial charge in [0.05, 0.1) is 17.3 Å². The van der Waals surface area contributed by atoms with Crippen molar-refractivity contribution in [1.82, 2.24) is 9.97 Å². The van der Waals surface area contributed by atoms with Crippen LogP contribution in [0.25, 0.3) is 0 Å². The van der Waals surface area contributed by atoms with E-state index in [1.54, 1.807) is 6.07 Å². The molecule has 1 aromatic carbocycles. The van der Waals surface area contributed by atoms with Crippen LogP contribution in [0.3, 0.4) is 0 Å². The molecule has 0 fully saturated rings. The summed E-state index contributed by atoms with van der Waals surface area (Å²) in [5.74, 6) is -1.21.